The van der Waals surface area contributed by atoms with Crippen LogP contribution in [-0.4, -0.2) is 23.8 Å². The third-order valence-corrected chi connectivity index (χ3v) is 4.76. The Kier molecular flexibility index (Phi) is 4.26. The predicted octanol–water partition coefficient (Wildman–Crippen LogP) is 2.56. The molecular formula is C14H27NO. The first kappa shape index (κ1) is 12.4. The minimum atomic E-state index is -0.0504. The SMILES string of the molecule is CCC1CCC(O)C(C2CC(C)CCN2)C1. The van der Waals surface area contributed by atoms with Crippen molar-refractivity contribution in [1.82, 2.24) is 5.32 Å². The zero-order chi connectivity index (χ0) is 11.5. The third kappa shape index (κ3) is 2.78. The van der Waals surface area contributed by atoms with Crippen LogP contribution in [0, 0.1) is 17.8 Å². The molecule has 2 fully saturated rings. The average molecular weight is 225 g/mol. The minimum absolute atomic E-state index is 0.0504. The molecule has 0 radical (unpaired) electrons. The number of hydrogen-bond acceptors (Lipinski definition) is 2. The largest absolute Gasteiger partial charge is 0.393 e. The quantitative estimate of drug-likeness (QED) is 0.757. The van der Waals surface area contributed by atoms with E-state index < -0.39 is 0 Å². The van der Waals surface area contributed by atoms with Gasteiger partial charge in [-0.3, -0.25) is 0 Å². The van der Waals surface area contributed by atoms with Gasteiger partial charge in [0, 0.05) is 12.0 Å². The molecule has 94 valence electrons. The third-order valence-electron chi connectivity index (χ3n) is 4.76. The summed E-state index contributed by atoms with van der Waals surface area (Å²) in [6.07, 6.45) is 7.29. The maximum Gasteiger partial charge on any atom is 0.0583 e. The lowest BCUT2D eigenvalue weighted by atomic mass is 9.72. The van der Waals surface area contributed by atoms with Crippen LogP contribution in [0.25, 0.3) is 0 Å². The van der Waals surface area contributed by atoms with Crippen molar-refractivity contribution in [1.29, 1.82) is 0 Å². The lowest BCUT2D eigenvalue weighted by Gasteiger charge is -2.41. The Morgan fingerprint density at radius 3 is 2.69 bits per heavy atom. The highest BCUT2D eigenvalue weighted by atomic mass is 16.3. The van der Waals surface area contributed by atoms with E-state index >= 15 is 0 Å². The van der Waals surface area contributed by atoms with E-state index in [1.807, 2.05) is 0 Å². The molecule has 2 nitrogen and oxygen atoms in total. The maximum absolute atomic E-state index is 10.2. The van der Waals surface area contributed by atoms with Crippen LogP contribution in [0.5, 0.6) is 0 Å². The highest BCUT2D eigenvalue weighted by Gasteiger charge is 2.35. The Balaban J connectivity index is 1.94. The molecule has 0 bridgehead atoms. The van der Waals surface area contributed by atoms with E-state index in [0.29, 0.717) is 12.0 Å². The van der Waals surface area contributed by atoms with Crippen molar-refractivity contribution in [3.63, 3.8) is 0 Å². The average Bonchev–Trinajstić information content (AvgIpc) is 2.30. The van der Waals surface area contributed by atoms with Crippen LogP contribution in [-0.2, 0) is 0 Å². The van der Waals surface area contributed by atoms with E-state index in [-0.39, 0.29) is 6.10 Å². The number of aliphatic hydroxyl groups excluding tert-OH is 1. The topological polar surface area (TPSA) is 32.3 Å². The molecule has 0 amide bonds. The molecule has 1 saturated carbocycles. The number of hydrogen-bond donors (Lipinski definition) is 2. The van der Waals surface area contributed by atoms with Gasteiger partial charge >= 0.3 is 0 Å². The van der Waals surface area contributed by atoms with Gasteiger partial charge in [-0.05, 0) is 50.5 Å². The molecule has 0 spiro atoms. The van der Waals surface area contributed by atoms with E-state index in [1.165, 1.54) is 32.1 Å². The summed E-state index contributed by atoms with van der Waals surface area (Å²) in [7, 11) is 0. The van der Waals surface area contributed by atoms with Crippen molar-refractivity contribution in [2.45, 2.75) is 64.5 Å². The van der Waals surface area contributed by atoms with Gasteiger partial charge in [0.25, 0.3) is 0 Å². The molecule has 0 aromatic carbocycles. The van der Waals surface area contributed by atoms with Gasteiger partial charge in [0.1, 0.15) is 0 Å². The second-order valence-electron chi connectivity index (χ2n) is 6.01. The van der Waals surface area contributed by atoms with Crippen LogP contribution in [0.2, 0.25) is 0 Å². The molecule has 1 aliphatic carbocycles. The van der Waals surface area contributed by atoms with Crippen molar-refractivity contribution in [3.8, 4) is 0 Å². The van der Waals surface area contributed by atoms with Crippen LogP contribution in [0.3, 0.4) is 0 Å². The smallest absolute Gasteiger partial charge is 0.0583 e. The number of nitrogens with one attached hydrogen (secondary N) is 1. The minimum Gasteiger partial charge on any atom is -0.393 e. The Morgan fingerprint density at radius 2 is 2.00 bits per heavy atom. The Morgan fingerprint density at radius 1 is 1.19 bits per heavy atom. The summed E-state index contributed by atoms with van der Waals surface area (Å²) in [6.45, 7) is 5.78. The van der Waals surface area contributed by atoms with Crippen LogP contribution in [0.4, 0.5) is 0 Å². The summed E-state index contributed by atoms with van der Waals surface area (Å²) in [4.78, 5) is 0. The molecular weight excluding hydrogens is 198 g/mol. The van der Waals surface area contributed by atoms with Crippen molar-refractivity contribution >= 4 is 0 Å². The van der Waals surface area contributed by atoms with E-state index in [0.717, 1.165) is 24.8 Å². The van der Waals surface area contributed by atoms with Crippen molar-refractivity contribution in [3.05, 3.63) is 0 Å². The van der Waals surface area contributed by atoms with Gasteiger partial charge < -0.3 is 10.4 Å². The molecule has 0 aromatic heterocycles. The number of rotatable bonds is 2. The molecule has 1 saturated heterocycles. The van der Waals surface area contributed by atoms with Gasteiger partial charge in [-0.15, -0.1) is 0 Å². The highest BCUT2D eigenvalue weighted by Crippen LogP contribution is 2.36. The van der Waals surface area contributed by atoms with Gasteiger partial charge in [0.15, 0.2) is 0 Å². The molecule has 5 atom stereocenters. The molecule has 2 N–H and O–H groups in total. The van der Waals surface area contributed by atoms with E-state index in [1.54, 1.807) is 0 Å². The second-order valence-corrected chi connectivity index (χ2v) is 6.01. The fourth-order valence-electron chi connectivity index (χ4n) is 3.56. The molecule has 16 heavy (non-hydrogen) atoms. The van der Waals surface area contributed by atoms with E-state index in [9.17, 15) is 5.11 Å². The fraction of sp³-hybridized carbons (Fsp3) is 1.00. The van der Waals surface area contributed by atoms with E-state index in [4.69, 9.17) is 0 Å². The molecule has 0 aromatic rings. The normalized spacial score (nSPS) is 45.6. The van der Waals surface area contributed by atoms with Crippen LogP contribution < -0.4 is 5.32 Å². The van der Waals surface area contributed by atoms with Gasteiger partial charge in [-0.25, -0.2) is 0 Å². The lowest BCUT2D eigenvalue weighted by molar-refractivity contribution is 0.0176. The summed E-state index contributed by atoms with van der Waals surface area (Å²) < 4.78 is 0. The Bertz CT molecular complexity index is 219. The molecule has 1 aliphatic heterocycles. The summed E-state index contributed by atoms with van der Waals surface area (Å²) in [6, 6.07) is 0.577. The molecule has 5 unspecified atom stereocenters. The first-order valence-electron chi connectivity index (χ1n) is 7.12. The zero-order valence-electron chi connectivity index (χ0n) is 10.8. The summed E-state index contributed by atoms with van der Waals surface area (Å²) in [5.74, 6) is 2.20. The summed E-state index contributed by atoms with van der Waals surface area (Å²) >= 11 is 0. The van der Waals surface area contributed by atoms with Crippen molar-refractivity contribution in [2.75, 3.05) is 6.54 Å². The van der Waals surface area contributed by atoms with Crippen molar-refractivity contribution in [2.24, 2.45) is 17.8 Å². The maximum atomic E-state index is 10.2. The molecule has 2 rings (SSSR count). The number of aliphatic hydroxyl groups is 1. The summed E-state index contributed by atoms with van der Waals surface area (Å²) in [5, 5.41) is 13.8. The number of piperidine rings is 1. The summed E-state index contributed by atoms with van der Waals surface area (Å²) in [5.41, 5.74) is 0. The predicted molar refractivity (Wildman–Crippen MR) is 67.3 cm³/mol. The van der Waals surface area contributed by atoms with Crippen LogP contribution in [0.1, 0.15) is 52.4 Å². The Labute approximate surface area is 99.8 Å². The first-order valence-corrected chi connectivity index (χ1v) is 7.12. The zero-order valence-corrected chi connectivity index (χ0v) is 10.8. The molecule has 1 heterocycles. The van der Waals surface area contributed by atoms with E-state index in [2.05, 4.69) is 19.2 Å². The molecule has 2 heteroatoms. The van der Waals surface area contributed by atoms with Gasteiger partial charge in [0.05, 0.1) is 6.10 Å². The van der Waals surface area contributed by atoms with Gasteiger partial charge in [-0.2, -0.15) is 0 Å². The second kappa shape index (κ2) is 5.50. The fourth-order valence-corrected chi connectivity index (χ4v) is 3.56. The van der Waals surface area contributed by atoms with Gasteiger partial charge in [0.2, 0.25) is 0 Å². The highest BCUT2D eigenvalue weighted by molar-refractivity contribution is 4.90. The monoisotopic (exact) mass is 225 g/mol. The van der Waals surface area contributed by atoms with Gasteiger partial charge in [-0.1, -0.05) is 20.3 Å². The molecule has 2 aliphatic rings. The van der Waals surface area contributed by atoms with Crippen molar-refractivity contribution < 1.29 is 5.11 Å². The standard InChI is InChI=1S/C14H27NO/c1-3-11-4-5-14(16)12(9-11)13-8-10(2)6-7-15-13/h10-16H,3-9H2,1-2H3. The lowest BCUT2D eigenvalue weighted by Crippen LogP contribution is -2.48. The first-order chi connectivity index (χ1) is 7.70. The van der Waals surface area contributed by atoms with Crippen LogP contribution >= 0.6 is 0 Å². The van der Waals surface area contributed by atoms with Crippen LogP contribution in [0.15, 0.2) is 0 Å². The Hall–Kier alpha value is -0.0800.